The van der Waals surface area contributed by atoms with Crippen molar-refractivity contribution < 1.29 is 14.3 Å². The highest BCUT2D eigenvalue weighted by Crippen LogP contribution is 2.17. The molecule has 1 aromatic heterocycles. The summed E-state index contributed by atoms with van der Waals surface area (Å²) in [5, 5.41) is 6.30. The molecule has 7 heteroatoms. The lowest BCUT2D eigenvalue weighted by Crippen LogP contribution is -2.44. The Kier molecular flexibility index (Phi) is 8.05. The van der Waals surface area contributed by atoms with Gasteiger partial charge in [0.1, 0.15) is 11.9 Å². The summed E-state index contributed by atoms with van der Waals surface area (Å²) < 4.78 is 4.53. The van der Waals surface area contributed by atoms with Gasteiger partial charge in [0, 0.05) is 12.1 Å². The molecule has 0 saturated heterocycles. The van der Waals surface area contributed by atoms with E-state index in [0.717, 1.165) is 12.8 Å². The summed E-state index contributed by atoms with van der Waals surface area (Å²) in [4.78, 5) is 32.1. The largest absolute Gasteiger partial charge is 0.466 e. The number of aromatic nitrogens is 2. The molecular weight excluding hydrogens is 332 g/mol. The summed E-state index contributed by atoms with van der Waals surface area (Å²) >= 11 is 0. The molecule has 1 heterocycles. The third-order valence-corrected chi connectivity index (χ3v) is 4.51. The van der Waals surface area contributed by atoms with Crippen molar-refractivity contribution in [3.63, 3.8) is 0 Å². The van der Waals surface area contributed by atoms with E-state index in [4.69, 9.17) is 0 Å². The van der Waals surface area contributed by atoms with E-state index < -0.39 is 5.97 Å². The zero-order chi connectivity index (χ0) is 18.8. The Hall–Kier alpha value is -2.44. The normalized spacial score (nSPS) is 16.7. The first-order valence-electron chi connectivity index (χ1n) is 9.27. The van der Waals surface area contributed by atoms with Gasteiger partial charge in [-0.2, -0.15) is 0 Å². The average molecular weight is 360 g/mol. The van der Waals surface area contributed by atoms with Crippen LogP contribution in [-0.4, -0.2) is 41.0 Å². The van der Waals surface area contributed by atoms with Gasteiger partial charge in [-0.1, -0.05) is 32.6 Å². The molecule has 0 aliphatic heterocycles. The van der Waals surface area contributed by atoms with E-state index >= 15 is 0 Å². The summed E-state index contributed by atoms with van der Waals surface area (Å²) in [6, 6.07) is -0.0678. The second kappa shape index (κ2) is 10.5. The molecule has 7 nitrogen and oxygen atoms in total. The first-order chi connectivity index (χ1) is 12.6. The van der Waals surface area contributed by atoms with E-state index in [1.165, 1.54) is 51.1 Å². The summed E-state index contributed by atoms with van der Waals surface area (Å²) in [5.41, 5.74) is 0.539. The van der Waals surface area contributed by atoms with Crippen LogP contribution in [0.25, 0.3) is 6.08 Å². The Morgan fingerprint density at radius 2 is 1.96 bits per heavy atom. The van der Waals surface area contributed by atoms with E-state index in [2.05, 4.69) is 25.3 Å². The Labute approximate surface area is 154 Å². The van der Waals surface area contributed by atoms with Crippen LogP contribution in [0.4, 0.5) is 5.82 Å². The molecule has 1 atom stereocenters. The van der Waals surface area contributed by atoms with Crippen molar-refractivity contribution in [3.05, 3.63) is 24.2 Å². The van der Waals surface area contributed by atoms with E-state index in [9.17, 15) is 9.59 Å². The highest BCUT2D eigenvalue weighted by molar-refractivity contribution is 5.86. The molecule has 1 saturated carbocycles. The number of amides is 1. The van der Waals surface area contributed by atoms with Crippen LogP contribution in [0.1, 0.15) is 57.6 Å². The number of methoxy groups -OCH3 is 1. The molecular formula is C19H28N4O3. The second-order valence-electron chi connectivity index (χ2n) is 6.49. The van der Waals surface area contributed by atoms with Crippen molar-refractivity contribution >= 4 is 23.8 Å². The van der Waals surface area contributed by atoms with Crippen molar-refractivity contribution in [2.24, 2.45) is 0 Å². The molecule has 1 fully saturated rings. The average Bonchev–Trinajstić information content (AvgIpc) is 2.93. The van der Waals surface area contributed by atoms with Gasteiger partial charge in [0.25, 0.3) is 0 Å². The number of ether oxygens (including phenoxy) is 1. The number of rotatable bonds is 7. The van der Waals surface area contributed by atoms with E-state index in [1.54, 1.807) is 6.20 Å². The fourth-order valence-electron chi connectivity index (χ4n) is 2.98. The minimum absolute atomic E-state index is 0.0101. The Balaban J connectivity index is 1.90. The Morgan fingerprint density at radius 3 is 2.54 bits per heavy atom. The number of hydrogen-bond donors (Lipinski definition) is 2. The number of nitrogens with one attached hydrogen (secondary N) is 2. The lowest BCUT2D eigenvalue weighted by molar-refractivity contribution is -0.134. The van der Waals surface area contributed by atoms with Gasteiger partial charge in [-0.25, -0.2) is 9.78 Å². The molecule has 0 bridgehead atoms. The van der Waals surface area contributed by atoms with Crippen molar-refractivity contribution in [2.45, 2.75) is 64.0 Å². The molecule has 1 aliphatic carbocycles. The quantitative estimate of drug-likeness (QED) is 0.441. The Morgan fingerprint density at radius 1 is 1.23 bits per heavy atom. The maximum Gasteiger partial charge on any atom is 0.330 e. The topological polar surface area (TPSA) is 93.2 Å². The molecule has 142 valence electrons. The van der Waals surface area contributed by atoms with E-state index in [1.807, 2.05) is 6.92 Å². The summed E-state index contributed by atoms with van der Waals surface area (Å²) in [7, 11) is 1.32. The van der Waals surface area contributed by atoms with Crippen molar-refractivity contribution in [2.75, 3.05) is 12.4 Å². The first-order valence-corrected chi connectivity index (χ1v) is 9.27. The highest BCUT2D eigenvalue weighted by Gasteiger charge is 2.21. The monoisotopic (exact) mass is 360 g/mol. The van der Waals surface area contributed by atoms with Gasteiger partial charge in [0.15, 0.2) is 0 Å². The smallest absolute Gasteiger partial charge is 0.330 e. The van der Waals surface area contributed by atoms with Crippen LogP contribution < -0.4 is 10.6 Å². The minimum Gasteiger partial charge on any atom is -0.466 e. The maximum atomic E-state index is 12.6. The molecule has 26 heavy (non-hydrogen) atoms. The first kappa shape index (κ1) is 19.9. The van der Waals surface area contributed by atoms with Crippen LogP contribution >= 0.6 is 0 Å². The van der Waals surface area contributed by atoms with Crippen LogP contribution in [0, 0.1) is 0 Å². The van der Waals surface area contributed by atoms with Crippen molar-refractivity contribution in [1.29, 1.82) is 0 Å². The van der Waals surface area contributed by atoms with Crippen LogP contribution in [0.2, 0.25) is 0 Å². The summed E-state index contributed by atoms with van der Waals surface area (Å²) in [6.45, 7) is 1.96. The SMILES string of the molecule is CC[C@@H](Nc1cnc(C=CC(=O)OC)cn1)C(=O)NC1CCCCCC1. The van der Waals surface area contributed by atoms with Gasteiger partial charge in [-0.05, 0) is 25.3 Å². The van der Waals surface area contributed by atoms with Gasteiger partial charge in [0.05, 0.1) is 25.2 Å². The lowest BCUT2D eigenvalue weighted by atomic mass is 10.1. The number of nitrogens with zero attached hydrogens (tertiary/aromatic N) is 2. The fraction of sp³-hybridized carbons (Fsp3) is 0.579. The molecule has 0 radical (unpaired) electrons. The van der Waals surface area contributed by atoms with Gasteiger partial charge < -0.3 is 15.4 Å². The molecule has 1 amide bonds. The standard InChI is InChI=1S/C19H28N4O3/c1-3-16(19(25)22-14-8-6-4-5-7-9-14)23-17-13-20-15(12-21-17)10-11-18(24)26-2/h10-14,16H,3-9H2,1-2H3,(H,21,23)(H,22,25)/t16-/m1/s1. The van der Waals surface area contributed by atoms with Crippen molar-refractivity contribution in [1.82, 2.24) is 15.3 Å². The molecule has 0 spiro atoms. The number of carbonyl (C=O) groups excluding carboxylic acids is 2. The lowest BCUT2D eigenvalue weighted by Gasteiger charge is -2.22. The molecule has 0 unspecified atom stereocenters. The fourth-order valence-corrected chi connectivity index (χ4v) is 2.98. The van der Waals surface area contributed by atoms with E-state index in [0.29, 0.717) is 17.9 Å². The van der Waals surface area contributed by atoms with Crippen molar-refractivity contribution in [3.8, 4) is 0 Å². The highest BCUT2D eigenvalue weighted by atomic mass is 16.5. The second-order valence-corrected chi connectivity index (χ2v) is 6.49. The third kappa shape index (κ3) is 6.46. The van der Waals surface area contributed by atoms with Gasteiger partial charge in [0.2, 0.25) is 5.91 Å². The van der Waals surface area contributed by atoms with Crippen LogP contribution in [-0.2, 0) is 14.3 Å². The zero-order valence-electron chi connectivity index (χ0n) is 15.5. The molecule has 2 rings (SSSR count). The number of carbonyl (C=O) groups is 2. The predicted octanol–water partition coefficient (Wildman–Crippen LogP) is 2.69. The Bertz CT molecular complexity index is 608. The van der Waals surface area contributed by atoms with Gasteiger partial charge in [-0.15, -0.1) is 0 Å². The number of esters is 1. The minimum atomic E-state index is -0.449. The van der Waals surface area contributed by atoms with E-state index in [-0.39, 0.29) is 18.0 Å². The van der Waals surface area contributed by atoms with Gasteiger partial charge >= 0.3 is 5.97 Å². The molecule has 0 aromatic carbocycles. The van der Waals surface area contributed by atoms with Crippen LogP contribution in [0.5, 0.6) is 0 Å². The number of anilines is 1. The zero-order valence-corrected chi connectivity index (χ0v) is 15.5. The van der Waals surface area contributed by atoms with Crippen LogP contribution in [0.15, 0.2) is 18.5 Å². The van der Waals surface area contributed by atoms with Gasteiger partial charge in [-0.3, -0.25) is 9.78 Å². The molecule has 1 aliphatic rings. The summed E-state index contributed by atoms with van der Waals surface area (Å²) in [5.74, 6) is 0.0918. The predicted molar refractivity (Wildman–Crippen MR) is 100 cm³/mol. The molecule has 2 N–H and O–H groups in total. The number of hydrogen-bond acceptors (Lipinski definition) is 6. The molecule has 1 aromatic rings. The maximum absolute atomic E-state index is 12.6. The third-order valence-electron chi connectivity index (χ3n) is 4.51. The van der Waals surface area contributed by atoms with Crippen LogP contribution in [0.3, 0.4) is 0 Å². The summed E-state index contributed by atoms with van der Waals surface area (Å²) in [6.07, 6.45) is 13.6.